The van der Waals surface area contributed by atoms with Crippen molar-refractivity contribution in [3.63, 3.8) is 0 Å². The van der Waals surface area contributed by atoms with Crippen LogP contribution in [0.5, 0.6) is 0 Å². The average molecular weight is 377 g/mol. The third-order valence-electron chi connectivity index (χ3n) is 5.37. The topological polar surface area (TPSA) is 85.8 Å². The van der Waals surface area contributed by atoms with Crippen molar-refractivity contribution in [2.45, 2.75) is 62.2 Å². The molecule has 0 saturated heterocycles. The number of alkyl halides is 3. The molecule has 0 aromatic carbocycles. The van der Waals surface area contributed by atoms with E-state index in [2.05, 4.69) is 15.5 Å². The maximum absolute atomic E-state index is 12.7. The zero-order valence-electron chi connectivity index (χ0n) is 14.1. The Morgan fingerprint density at radius 3 is 2.56 bits per heavy atom. The summed E-state index contributed by atoms with van der Waals surface area (Å²) in [5.74, 6) is 5.86. The minimum atomic E-state index is -4.68. The zero-order chi connectivity index (χ0) is 18.4. The summed E-state index contributed by atoms with van der Waals surface area (Å²) in [7, 11) is 0. The Bertz CT molecular complexity index is 650. The molecule has 1 heterocycles. The van der Waals surface area contributed by atoms with Crippen molar-refractivity contribution in [3.8, 4) is 0 Å². The monoisotopic (exact) mass is 377 g/mol. The van der Waals surface area contributed by atoms with Gasteiger partial charge >= 0.3 is 6.18 Å². The normalized spacial score (nSPS) is 28.1. The molecule has 1 aromatic heterocycles. The van der Waals surface area contributed by atoms with Gasteiger partial charge in [-0.1, -0.05) is 18.2 Å². The number of halogens is 3. The molecule has 2 saturated carbocycles. The Hall–Kier alpha value is -1.45. The number of hydrogen-bond acceptors (Lipinski definition) is 5. The summed E-state index contributed by atoms with van der Waals surface area (Å²) in [6.07, 6.45) is 0.256. The van der Waals surface area contributed by atoms with Crippen LogP contribution in [-0.4, -0.2) is 32.1 Å². The molecular formula is C15H22F3N5OS. The number of nitrogens with two attached hydrogens (primary N) is 1. The molecule has 5 atom stereocenters. The lowest BCUT2D eigenvalue weighted by molar-refractivity contribution is -0.146. The standard InChI is InChI=1S/C15H22F3N5OS/c1-7(11-6-9-3-4-10(11)5-9)20-12(24)8(2)25-14-22-21-13(23(14)19)15(16,17)18/h7-11H,3-6,19H2,1-2H3,(H,20,24). The molecule has 0 aliphatic heterocycles. The maximum Gasteiger partial charge on any atom is 0.453 e. The van der Waals surface area contributed by atoms with E-state index in [1.165, 1.54) is 19.3 Å². The van der Waals surface area contributed by atoms with Gasteiger partial charge < -0.3 is 11.2 Å². The number of nitrogen functional groups attached to an aromatic ring is 1. The quantitative estimate of drug-likeness (QED) is 0.608. The van der Waals surface area contributed by atoms with Crippen LogP contribution in [0.1, 0.15) is 45.4 Å². The third-order valence-corrected chi connectivity index (χ3v) is 6.43. The summed E-state index contributed by atoms with van der Waals surface area (Å²) in [5.41, 5.74) is 0. The van der Waals surface area contributed by atoms with E-state index in [-0.39, 0.29) is 17.1 Å². The minimum absolute atomic E-state index is 0.0623. The van der Waals surface area contributed by atoms with Gasteiger partial charge in [-0.2, -0.15) is 13.2 Å². The molecule has 25 heavy (non-hydrogen) atoms. The summed E-state index contributed by atoms with van der Waals surface area (Å²) >= 11 is 0.867. The van der Waals surface area contributed by atoms with E-state index >= 15 is 0 Å². The zero-order valence-corrected chi connectivity index (χ0v) is 14.9. The predicted octanol–water partition coefficient (Wildman–Crippen LogP) is 2.43. The summed E-state index contributed by atoms with van der Waals surface area (Å²) in [6.45, 7) is 3.63. The average Bonchev–Trinajstić information content (AvgIpc) is 3.22. The molecule has 0 spiro atoms. The molecule has 1 aromatic rings. The second-order valence-corrected chi connectivity index (χ2v) is 8.38. The number of nitrogens with zero attached hydrogens (tertiary/aromatic N) is 3. The Balaban J connectivity index is 1.57. The fourth-order valence-corrected chi connectivity index (χ4v) is 4.90. The van der Waals surface area contributed by atoms with Gasteiger partial charge in [0.05, 0.1) is 5.25 Å². The number of rotatable bonds is 5. The fourth-order valence-electron chi connectivity index (χ4n) is 4.12. The molecule has 2 aliphatic rings. The highest BCUT2D eigenvalue weighted by Gasteiger charge is 2.42. The van der Waals surface area contributed by atoms with Crippen LogP contribution >= 0.6 is 11.8 Å². The summed E-state index contributed by atoms with van der Waals surface area (Å²) in [6, 6.07) is 0.0623. The smallest absolute Gasteiger partial charge is 0.352 e. The third kappa shape index (κ3) is 3.73. The van der Waals surface area contributed by atoms with Crippen molar-refractivity contribution < 1.29 is 18.0 Å². The second-order valence-electron chi connectivity index (χ2n) is 7.07. The van der Waals surface area contributed by atoms with Crippen LogP contribution < -0.4 is 11.2 Å². The molecule has 2 fully saturated rings. The first-order chi connectivity index (χ1) is 11.7. The van der Waals surface area contributed by atoms with E-state index in [0.29, 0.717) is 16.5 Å². The molecule has 3 rings (SSSR count). The van der Waals surface area contributed by atoms with Gasteiger partial charge in [-0.15, -0.1) is 10.2 Å². The van der Waals surface area contributed by atoms with E-state index in [9.17, 15) is 18.0 Å². The Morgan fingerprint density at radius 1 is 1.32 bits per heavy atom. The Kier molecular flexibility index (Phi) is 4.91. The van der Waals surface area contributed by atoms with E-state index in [0.717, 1.165) is 24.1 Å². The van der Waals surface area contributed by atoms with Gasteiger partial charge in [-0.25, -0.2) is 4.68 Å². The summed E-state index contributed by atoms with van der Waals surface area (Å²) < 4.78 is 38.4. The van der Waals surface area contributed by atoms with E-state index < -0.39 is 17.3 Å². The van der Waals surface area contributed by atoms with Crippen LogP contribution in [0.3, 0.4) is 0 Å². The van der Waals surface area contributed by atoms with Crippen molar-refractivity contribution >= 4 is 17.7 Å². The van der Waals surface area contributed by atoms with E-state index in [1.807, 2.05) is 6.92 Å². The van der Waals surface area contributed by atoms with E-state index in [4.69, 9.17) is 5.84 Å². The van der Waals surface area contributed by atoms with Crippen molar-refractivity contribution in [2.75, 3.05) is 5.84 Å². The van der Waals surface area contributed by atoms with Gasteiger partial charge in [-0.3, -0.25) is 4.79 Å². The molecule has 10 heteroatoms. The first-order valence-electron chi connectivity index (χ1n) is 8.41. The first-order valence-corrected chi connectivity index (χ1v) is 9.29. The molecule has 3 N–H and O–H groups in total. The molecule has 5 unspecified atom stereocenters. The lowest BCUT2D eigenvalue weighted by Crippen LogP contribution is -2.43. The molecule has 140 valence electrons. The highest BCUT2D eigenvalue weighted by atomic mass is 32.2. The number of thioether (sulfide) groups is 1. The number of nitrogens with one attached hydrogen (secondary N) is 1. The summed E-state index contributed by atoms with van der Waals surface area (Å²) in [4.78, 5) is 12.4. The lowest BCUT2D eigenvalue weighted by Gasteiger charge is -2.29. The minimum Gasteiger partial charge on any atom is -0.352 e. The highest BCUT2D eigenvalue weighted by molar-refractivity contribution is 8.00. The number of aromatic nitrogens is 3. The Labute approximate surface area is 148 Å². The van der Waals surface area contributed by atoms with Crippen LogP contribution in [0.15, 0.2) is 5.16 Å². The van der Waals surface area contributed by atoms with Crippen LogP contribution in [0.2, 0.25) is 0 Å². The van der Waals surface area contributed by atoms with Crippen LogP contribution in [0, 0.1) is 17.8 Å². The first kappa shape index (κ1) is 18.3. The lowest BCUT2D eigenvalue weighted by atomic mass is 9.84. The molecule has 2 bridgehead atoms. The van der Waals surface area contributed by atoms with Crippen LogP contribution in [-0.2, 0) is 11.0 Å². The molecular weight excluding hydrogens is 355 g/mol. The molecule has 6 nitrogen and oxygen atoms in total. The highest BCUT2D eigenvalue weighted by Crippen LogP contribution is 2.49. The largest absolute Gasteiger partial charge is 0.453 e. The van der Waals surface area contributed by atoms with Crippen molar-refractivity contribution in [1.82, 2.24) is 20.2 Å². The van der Waals surface area contributed by atoms with Gasteiger partial charge in [0.25, 0.3) is 5.82 Å². The van der Waals surface area contributed by atoms with Crippen LogP contribution in [0.25, 0.3) is 0 Å². The number of carbonyl (C=O) groups is 1. The molecule has 0 radical (unpaired) electrons. The van der Waals surface area contributed by atoms with Gasteiger partial charge in [0, 0.05) is 6.04 Å². The number of fused-ring (bicyclic) bond motifs is 2. The van der Waals surface area contributed by atoms with Gasteiger partial charge in [0.15, 0.2) is 0 Å². The maximum atomic E-state index is 12.7. The van der Waals surface area contributed by atoms with Gasteiger partial charge in [-0.05, 0) is 50.9 Å². The summed E-state index contributed by atoms with van der Waals surface area (Å²) in [5, 5.41) is 8.75. The van der Waals surface area contributed by atoms with Gasteiger partial charge in [0.2, 0.25) is 11.1 Å². The predicted molar refractivity (Wildman–Crippen MR) is 87.0 cm³/mol. The van der Waals surface area contributed by atoms with Crippen molar-refractivity contribution in [3.05, 3.63) is 5.82 Å². The molecule has 2 aliphatic carbocycles. The number of carbonyl (C=O) groups excluding carboxylic acids is 1. The van der Waals surface area contributed by atoms with E-state index in [1.54, 1.807) is 6.92 Å². The second kappa shape index (κ2) is 6.69. The Morgan fingerprint density at radius 2 is 2.04 bits per heavy atom. The van der Waals surface area contributed by atoms with Gasteiger partial charge in [0.1, 0.15) is 0 Å². The van der Waals surface area contributed by atoms with Crippen molar-refractivity contribution in [1.29, 1.82) is 0 Å². The van der Waals surface area contributed by atoms with Crippen molar-refractivity contribution in [2.24, 2.45) is 17.8 Å². The SMILES string of the molecule is CC(Sc1nnc(C(F)(F)F)n1N)C(=O)NC(C)C1CC2CCC1C2. The fraction of sp³-hybridized carbons (Fsp3) is 0.800. The number of amides is 1. The molecule has 1 amide bonds. The van der Waals surface area contributed by atoms with Crippen LogP contribution in [0.4, 0.5) is 13.2 Å². The number of hydrogen-bond donors (Lipinski definition) is 2.